The third-order valence-corrected chi connectivity index (χ3v) is 4.77. The van der Waals surface area contributed by atoms with Gasteiger partial charge in [-0.25, -0.2) is 4.98 Å². The lowest BCUT2D eigenvalue weighted by Crippen LogP contribution is -2.33. The van der Waals surface area contributed by atoms with Gasteiger partial charge in [-0.15, -0.1) is 0 Å². The van der Waals surface area contributed by atoms with Gasteiger partial charge in [0, 0.05) is 26.2 Å². The highest BCUT2D eigenvalue weighted by Crippen LogP contribution is 2.21. The van der Waals surface area contributed by atoms with Crippen molar-refractivity contribution in [2.24, 2.45) is 0 Å². The van der Waals surface area contributed by atoms with Gasteiger partial charge in [0.2, 0.25) is 5.95 Å². The Morgan fingerprint density at radius 1 is 1.08 bits per heavy atom. The standard InChI is InChI=1S/C21H22N4O/c26-20-18-8-4-5-9-19(18)23-21(24-20)22-12-15-25-13-10-17(11-14-25)16-6-2-1-3-7-16/h1-10H,11-15H2,(H2,22,23,24,26). The first-order chi connectivity index (χ1) is 12.8. The molecule has 0 saturated heterocycles. The molecule has 5 nitrogen and oxygen atoms in total. The third-order valence-electron chi connectivity index (χ3n) is 4.77. The molecule has 4 rings (SSSR count). The normalized spacial score (nSPS) is 15.0. The number of fused-ring (bicyclic) bond motifs is 1. The SMILES string of the molecule is O=c1[nH]c(NCCN2CC=C(c3ccccc3)CC2)nc2ccccc12. The van der Waals surface area contributed by atoms with E-state index in [1.165, 1.54) is 11.1 Å². The second-order valence-electron chi connectivity index (χ2n) is 6.50. The van der Waals surface area contributed by atoms with Gasteiger partial charge >= 0.3 is 0 Å². The molecule has 0 saturated carbocycles. The van der Waals surface area contributed by atoms with E-state index in [0.717, 1.165) is 32.6 Å². The van der Waals surface area contributed by atoms with Crippen molar-refractivity contribution < 1.29 is 0 Å². The number of para-hydroxylation sites is 1. The van der Waals surface area contributed by atoms with Crippen LogP contribution in [0.25, 0.3) is 16.5 Å². The lowest BCUT2D eigenvalue weighted by atomic mass is 10.00. The molecule has 0 spiro atoms. The summed E-state index contributed by atoms with van der Waals surface area (Å²) < 4.78 is 0. The first-order valence-corrected chi connectivity index (χ1v) is 8.99. The van der Waals surface area contributed by atoms with Crippen LogP contribution >= 0.6 is 0 Å². The summed E-state index contributed by atoms with van der Waals surface area (Å²) in [4.78, 5) is 21.8. The van der Waals surface area contributed by atoms with E-state index in [2.05, 4.69) is 56.6 Å². The van der Waals surface area contributed by atoms with Gasteiger partial charge in [-0.05, 0) is 29.7 Å². The number of benzene rings is 2. The lowest BCUT2D eigenvalue weighted by molar-refractivity contribution is 0.313. The van der Waals surface area contributed by atoms with Crippen molar-refractivity contribution in [1.29, 1.82) is 0 Å². The number of hydrogen-bond donors (Lipinski definition) is 2. The first kappa shape index (κ1) is 16.5. The van der Waals surface area contributed by atoms with Crippen molar-refractivity contribution in [1.82, 2.24) is 14.9 Å². The highest BCUT2D eigenvalue weighted by atomic mass is 16.1. The van der Waals surface area contributed by atoms with Crippen molar-refractivity contribution in [3.63, 3.8) is 0 Å². The lowest BCUT2D eigenvalue weighted by Gasteiger charge is -2.26. The molecule has 0 radical (unpaired) electrons. The summed E-state index contributed by atoms with van der Waals surface area (Å²) in [5, 5.41) is 3.86. The van der Waals surface area contributed by atoms with Gasteiger partial charge in [0.15, 0.2) is 0 Å². The fourth-order valence-corrected chi connectivity index (χ4v) is 3.33. The molecule has 2 aromatic carbocycles. The molecule has 5 heteroatoms. The van der Waals surface area contributed by atoms with Crippen LogP contribution in [0.15, 0.2) is 65.5 Å². The molecule has 0 atom stereocenters. The van der Waals surface area contributed by atoms with Crippen molar-refractivity contribution in [3.05, 3.63) is 76.6 Å². The molecule has 1 aliphatic heterocycles. The van der Waals surface area contributed by atoms with Crippen LogP contribution in [0.2, 0.25) is 0 Å². The summed E-state index contributed by atoms with van der Waals surface area (Å²) in [5.74, 6) is 0.534. The minimum absolute atomic E-state index is 0.105. The van der Waals surface area contributed by atoms with E-state index in [1.54, 1.807) is 6.07 Å². The third kappa shape index (κ3) is 3.68. The van der Waals surface area contributed by atoms with E-state index in [-0.39, 0.29) is 5.56 Å². The average molecular weight is 346 g/mol. The Bertz CT molecular complexity index is 978. The molecular formula is C21H22N4O. The predicted molar refractivity (Wildman–Crippen MR) is 106 cm³/mol. The molecule has 3 aromatic rings. The molecule has 0 amide bonds. The smallest absolute Gasteiger partial charge is 0.260 e. The van der Waals surface area contributed by atoms with Gasteiger partial charge in [-0.3, -0.25) is 14.7 Å². The van der Waals surface area contributed by atoms with Crippen LogP contribution in [0.4, 0.5) is 5.95 Å². The van der Waals surface area contributed by atoms with E-state index in [4.69, 9.17) is 0 Å². The van der Waals surface area contributed by atoms with Crippen LogP contribution in [0, 0.1) is 0 Å². The molecular weight excluding hydrogens is 324 g/mol. The van der Waals surface area contributed by atoms with Crippen LogP contribution in [-0.4, -0.2) is 41.0 Å². The fraction of sp³-hybridized carbons (Fsp3) is 0.238. The number of nitrogens with one attached hydrogen (secondary N) is 2. The number of aromatic nitrogens is 2. The van der Waals surface area contributed by atoms with Crippen LogP contribution in [0.5, 0.6) is 0 Å². The van der Waals surface area contributed by atoms with E-state index < -0.39 is 0 Å². The minimum atomic E-state index is -0.105. The van der Waals surface area contributed by atoms with Gasteiger partial charge in [0.05, 0.1) is 10.9 Å². The summed E-state index contributed by atoms with van der Waals surface area (Å²) in [6.45, 7) is 3.66. The summed E-state index contributed by atoms with van der Waals surface area (Å²) in [7, 11) is 0. The molecule has 1 aromatic heterocycles. The predicted octanol–water partition coefficient (Wildman–Crippen LogP) is 3.12. The molecule has 0 bridgehead atoms. The van der Waals surface area contributed by atoms with Gasteiger partial charge in [0.25, 0.3) is 5.56 Å². The van der Waals surface area contributed by atoms with Gasteiger partial charge < -0.3 is 5.32 Å². The highest BCUT2D eigenvalue weighted by molar-refractivity contribution is 5.78. The Morgan fingerprint density at radius 3 is 2.69 bits per heavy atom. The highest BCUT2D eigenvalue weighted by Gasteiger charge is 2.12. The Morgan fingerprint density at radius 2 is 1.88 bits per heavy atom. The van der Waals surface area contributed by atoms with Crippen molar-refractivity contribution in [2.45, 2.75) is 6.42 Å². The monoisotopic (exact) mass is 346 g/mol. The number of nitrogens with zero attached hydrogens (tertiary/aromatic N) is 2. The fourth-order valence-electron chi connectivity index (χ4n) is 3.33. The summed E-state index contributed by atoms with van der Waals surface area (Å²) in [6.07, 6.45) is 3.38. The summed E-state index contributed by atoms with van der Waals surface area (Å²) >= 11 is 0. The maximum atomic E-state index is 12.1. The molecule has 1 aliphatic rings. The zero-order valence-corrected chi connectivity index (χ0v) is 14.6. The number of rotatable bonds is 5. The Kier molecular flexibility index (Phi) is 4.80. The van der Waals surface area contributed by atoms with E-state index in [9.17, 15) is 4.79 Å². The zero-order chi connectivity index (χ0) is 17.8. The molecule has 0 fully saturated rings. The van der Waals surface area contributed by atoms with Crippen LogP contribution in [0.3, 0.4) is 0 Å². The Hall–Kier alpha value is -2.92. The largest absolute Gasteiger partial charge is 0.354 e. The molecule has 2 heterocycles. The Labute approximate surface area is 152 Å². The van der Waals surface area contributed by atoms with Crippen molar-refractivity contribution >= 4 is 22.4 Å². The number of H-pyrrole nitrogens is 1. The minimum Gasteiger partial charge on any atom is -0.354 e. The molecule has 2 N–H and O–H groups in total. The molecule has 0 unspecified atom stereocenters. The number of hydrogen-bond acceptors (Lipinski definition) is 4. The second kappa shape index (κ2) is 7.54. The summed E-state index contributed by atoms with van der Waals surface area (Å²) in [5.41, 5.74) is 3.36. The molecule has 0 aliphatic carbocycles. The number of anilines is 1. The van der Waals surface area contributed by atoms with Crippen molar-refractivity contribution in [2.75, 3.05) is 31.5 Å². The van der Waals surface area contributed by atoms with Crippen molar-refractivity contribution in [3.8, 4) is 0 Å². The van der Waals surface area contributed by atoms with E-state index in [1.807, 2.05) is 18.2 Å². The van der Waals surface area contributed by atoms with Crippen LogP contribution in [0.1, 0.15) is 12.0 Å². The number of aromatic amines is 1. The quantitative estimate of drug-likeness (QED) is 0.745. The van der Waals surface area contributed by atoms with Crippen LogP contribution in [-0.2, 0) is 0 Å². The second-order valence-corrected chi connectivity index (χ2v) is 6.50. The molecule has 26 heavy (non-hydrogen) atoms. The van der Waals surface area contributed by atoms with Crippen LogP contribution < -0.4 is 10.9 Å². The zero-order valence-electron chi connectivity index (χ0n) is 14.6. The maximum Gasteiger partial charge on any atom is 0.260 e. The van der Waals surface area contributed by atoms with Gasteiger partial charge in [-0.1, -0.05) is 48.5 Å². The molecule has 132 valence electrons. The van der Waals surface area contributed by atoms with Gasteiger partial charge in [-0.2, -0.15) is 0 Å². The summed E-state index contributed by atoms with van der Waals surface area (Å²) in [6, 6.07) is 18.0. The van der Waals surface area contributed by atoms with E-state index >= 15 is 0 Å². The Balaban J connectivity index is 1.33. The maximum absolute atomic E-state index is 12.1. The topological polar surface area (TPSA) is 61.0 Å². The van der Waals surface area contributed by atoms with E-state index in [0.29, 0.717) is 16.9 Å². The van der Waals surface area contributed by atoms with Gasteiger partial charge in [0.1, 0.15) is 0 Å². The average Bonchev–Trinajstić information content (AvgIpc) is 2.69. The first-order valence-electron chi connectivity index (χ1n) is 8.99.